The molecule has 7 rings (SSSR count). The Labute approximate surface area is 241 Å². The Morgan fingerprint density at radius 2 is 1.95 bits per heavy atom. The molecule has 1 unspecified atom stereocenters. The normalized spacial score (nSPS) is 23.5. The summed E-state index contributed by atoms with van der Waals surface area (Å²) in [6.07, 6.45) is 11.8. The van der Waals surface area contributed by atoms with Gasteiger partial charge < -0.3 is 0 Å². The van der Waals surface area contributed by atoms with E-state index in [-0.39, 0.29) is 17.6 Å². The Morgan fingerprint density at radius 3 is 2.66 bits per heavy atom. The van der Waals surface area contributed by atoms with Crippen LogP contribution in [0, 0.1) is 11.2 Å². The Kier molecular flexibility index (Phi) is 6.14. The fourth-order valence-corrected chi connectivity index (χ4v) is 8.74. The molecule has 12 heteroatoms. The van der Waals surface area contributed by atoms with Crippen LogP contribution < -0.4 is 0 Å². The van der Waals surface area contributed by atoms with Crippen LogP contribution in [0.1, 0.15) is 64.0 Å². The van der Waals surface area contributed by atoms with Gasteiger partial charge >= 0.3 is 0 Å². The van der Waals surface area contributed by atoms with Gasteiger partial charge in [-0.25, -0.2) is 22.6 Å². The second-order valence-corrected chi connectivity index (χ2v) is 14.6. The van der Waals surface area contributed by atoms with Crippen molar-refractivity contribution in [1.29, 1.82) is 0 Å². The number of benzene rings is 1. The van der Waals surface area contributed by atoms with Crippen LogP contribution in [0.15, 0.2) is 53.5 Å². The summed E-state index contributed by atoms with van der Waals surface area (Å²) >= 11 is 1.51. The van der Waals surface area contributed by atoms with Crippen molar-refractivity contribution in [2.24, 2.45) is 12.5 Å². The number of allylic oxidation sites excluding steroid dienone is 1. The van der Waals surface area contributed by atoms with Gasteiger partial charge in [0.05, 0.1) is 38.9 Å². The van der Waals surface area contributed by atoms with Crippen LogP contribution in [-0.2, 0) is 23.2 Å². The highest BCUT2D eigenvalue weighted by Gasteiger charge is 2.51. The molecule has 212 valence electrons. The number of hydrogen-bond acceptors (Lipinski definition) is 7. The van der Waals surface area contributed by atoms with E-state index in [1.807, 2.05) is 6.20 Å². The number of carbonyl (C=O) groups excluding carboxylic acids is 1. The third kappa shape index (κ3) is 4.39. The molecule has 0 spiro atoms. The molecule has 3 atom stereocenters. The molecule has 2 saturated carbocycles. The SMILES string of the molecule is C=S(=O)(c1cnn(C)n1)N(C)[C@H]1CCC2=Cc3c(cnn3-c3ccc(F)cc3)C[C@]2(C(=O)c2ncc(C3CC3)s2)C1. The van der Waals surface area contributed by atoms with E-state index in [2.05, 4.69) is 32.2 Å². The van der Waals surface area contributed by atoms with Gasteiger partial charge in [-0.15, -0.1) is 16.4 Å². The average molecular weight is 592 g/mol. The molecule has 0 aliphatic heterocycles. The van der Waals surface area contributed by atoms with Crippen molar-refractivity contribution in [3.8, 4) is 5.69 Å². The maximum Gasteiger partial charge on any atom is 0.201 e. The van der Waals surface area contributed by atoms with Crippen LogP contribution in [0.3, 0.4) is 0 Å². The fraction of sp³-hybridized carbons (Fsp3) is 0.379. The zero-order chi connectivity index (χ0) is 28.5. The van der Waals surface area contributed by atoms with Gasteiger partial charge in [0.1, 0.15) is 5.82 Å². The van der Waals surface area contributed by atoms with Crippen molar-refractivity contribution in [1.82, 2.24) is 34.1 Å². The molecule has 0 N–H and O–H groups in total. The molecule has 3 aromatic heterocycles. The molecular weight excluding hydrogens is 561 g/mol. The minimum Gasteiger partial charge on any atom is -0.290 e. The lowest BCUT2D eigenvalue weighted by atomic mass is 9.61. The Hall–Kier alpha value is -3.48. The number of halogens is 1. The van der Waals surface area contributed by atoms with Gasteiger partial charge in [0, 0.05) is 24.2 Å². The van der Waals surface area contributed by atoms with Gasteiger partial charge in [-0.1, -0.05) is 5.57 Å². The molecule has 0 saturated heterocycles. The summed E-state index contributed by atoms with van der Waals surface area (Å²) in [6.45, 7) is 0. The summed E-state index contributed by atoms with van der Waals surface area (Å²) < 4.78 is 31.1. The largest absolute Gasteiger partial charge is 0.290 e. The summed E-state index contributed by atoms with van der Waals surface area (Å²) in [4.78, 5) is 21.7. The molecule has 3 aliphatic rings. The second-order valence-electron chi connectivity index (χ2n) is 11.3. The molecule has 3 aliphatic carbocycles. The van der Waals surface area contributed by atoms with E-state index in [1.54, 1.807) is 41.4 Å². The van der Waals surface area contributed by atoms with E-state index in [9.17, 15) is 13.4 Å². The van der Waals surface area contributed by atoms with Crippen molar-refractivity contribution >= 4 is 38.8 Å². The van der Waals surface area contributed by atoms with E-state index >= 15 is 0 Å². The first-order chi connectivity index (χ1) is 19.7. The van der Waals surface area contributed by atoms with Gasteiger partial charge in [0.25, 0.3) is 0 Å². The number of fused-ring (bicyclic) bond motifs is 2. The predicted octanol–water partition coefficient (Wildman–Crippen LogP) is 4.46. The molecule has 4 aromatic rings. The monoisotopic (exact) mass is 591 g/mol. The van der Waals surface area contributed by atoms with Crippen molar-refractivity contribution < 1.29 is 13.4 Å². The first-order valence-electron chi connectivity index (χ1n) is 13.7. The number of Topliss-reactive ketones (excluding diaryl/α,β-unsaturated/α-hetero) is 1. The summed E-state index contributed by atoms with van der Waals surface area (Å²) in [5, 5.41) is 13.9. The topological polar surface area (TPSA) is 98.8 Å². The van der Waals surface area contributed by atoms with Crippen molar-refractivity contribution in [3.63, 3.8) is 0 Å². The molecule has 1 aromatic carbocycles. The van der Waals surface area contributed by atoms with Gasteiger partial charge in [0.2, 0.25) is 5.78 Å². The minimum absolute atomic E-state index is 0.00833. The van der Waals surface area contributed by atoms with Crippen LogP contribution in [0.2, 0.25) is 0 Å². The first-order valence-corrected chi connectivity index (χ1v) is 16.2. The predicted molar refractivity (Wildman–Crippen MR) is 156 cm³/mol. The Morgan fingerprint density at radius 1 is 1.17 bits per heavy atom. The van der Waals surface area contributed by atoms with Gasteiger partial charge in [-0.2, -0.15) is 15.0 Å². The van der Waals surface area contributed by atoms with Crippen LogP contribution in [0.25, 0.3) is 11.8 Å². The zero-order valence-electron chi connectivity index (χ0n) is 22.9. The lowest BCUT2D eigenvalue weighted by molar-refractivity contribution is 0.0754. The number of carbonyl (C=O) groups is 1. The van der Waals surface area contributed by atoms with Crippen molar-refractivity contribution in [2.75, 3.05) is 7.05 Å². The molecule has 0 radical (unpaired) electrons. The highest BCUT2D eigenvalue weighted by molar-refractivity contribution is 7.98. The van der Waals surface area contributed by atoms with E-state index in [0.29, 0.717) is 41.6 Å². The van der Waals surface area contributed by atoms with Crippen LogP contribution >= 0.6 is 11.3 Å². The summed E-state index contributed by atoms with van der Waals surface area (Å²) in [7, 11) is 0.564. The zero-order valence-corrected chi connectivity index (χ0v) is 24.5. The Bertz CT molecular complexity index is 1800. The number of aryl methyl sites for hydroxylation is 1. The molecule has 0 bridgehead atoms. The third-order valence-corrected chi connectivity index (χ3v) is 12.0. The van der Waals surface area contributed by atoms with Crippen molar-refractivity contribution in [3.05, 3.63) is 75.4 Å². The maximum absolute atomic E-state index is 14.5. The number of ketones is 1. The number of nitrogens with zero attached hydrogens (tertiary/aromatic N) is 7. The summed E-state index contributed by atoms with van der Waals surface area (Å²) in [5.41, 5.74) is 2.78. The van der Waals surface area contributed by atoms with Gasteiger partial charge in [-0.3, -0.25) is 4.79 Å². The fourth-order valence-electron chi connectivity index (χ4n) is 6.20. The Balaban J connectivity index is 1.29. The number of thiazole rings is 1. The minimum atomic E-state index is -2.92. The van der Waals surface area contributed by atoms with E-state index in [4.69, 9.17) is 0 Å². The maximum atomic E-state index is 14.5. The van der Waals surface area contributed by atoms with E-state index < -0.39 is 15.1 Å². The molecule has 2 fully saturated rings. The number of aromatic nitrogens is 6. The molecule has 9 nitrogen and oxygen atoms in total. The second kappa shape index (κ2) is 9.53. The van der Waals surface area contributed by atoms with E-state index in [1.165, 1.54) is 39.3 Å². The van der Waals surface area contributed by atoms with Crippen molar-refractivity contribution in [2.45, 2.75) is 55.5 Å². The first kappa shape index (κ1) is 26.4. The highest BCUT2D eigenvalue weighted by Crippen LogP contribution is 2.52. The average Bonchev–Trinajstić information content (AvgIpc) is 3.32. The van der Waals surface area contributed by atoms with Gasteiger partial charge in [0.15, 0.2) is 10.0 Å². The van der Waals surface area contributed by atoms with Crippen LogP contribution in [0.5, 0.6) is 0 Å². The van der Waals surface area contributed by atoms with Crippen LogP contribution in [0.4, 0.5) is 4.39 Å². The molecule has 41 heavy (non-hydrogen) atoms. The molecule has 0 amide bonds. The van der Waals surface area contributed by atoms with Gasteiger partial charge in [-0.05, 0) is 93.3 Å². The third-order valence-electron chi connectivity index (χ3n) is 8.72. The smallest absolute Gasteiger partial charge is 0.201 e. The quantitative estimate of drug-likeness (QED) is 0.233. The number of rotatable bonds is 7. The number of hydrogen-bond donors (Lipinski definition) is 0. The van der Waals surface area contributed by atoms with E-state index in [0.717, 1.165) is 35.4 Å². The lowest BCUT2D eigenvalue weighted by Gasteiger charge is -2.46. The lowest BCUT2D eigenvalue weighted by Crippen LogP contribution is -2.49. The molecule has 3 heterocycles. The van der Waals surface area contributed by atoms with Crippen LogP contribution in [-0.4, -0.2) is 63.0 Å². The summed E-state index contributed by atoms with van der Waals surface area (Å²) in [6, 6.07) is 6.06. The summed E-state index contributed by atoms with van der Waals surface area (Å²) in [5.74, 6) is 4.27. The highest BCUT2D eigenvalue weighted by atomic mass is 32.2. The standard InChI is InChI=1S/C29H30FN7O2S2/c1-35(41(3,39)26-17-32-36(2)34-26)23-9-6-20-12-24-19(15-33-37(24)22-10-7-21(30)8-11-22)13-29(20,14-23)27(38)28-31-16-25(40-28)18-4-5-18/h7-8,10-12,15-18,23H,3-6,9,13-14H2,1-2H3/t23-,29-,41?/m0/s1. The molecular formula is C29H30FN7O2S2.